The van der Waals surface area contributed by atoms with Gasteiger partial charge in [0.1, 0.15) is 0 Å². The van der Waals surface area contributed by atoms with Crippen LogP contribution in [0.25, 0.3) is 0 Å². The van der Waals surface area contributed by atoms with Gasteiger partial charge in [0.05, 0.1) is 24.0 Å². The highest BCUT2D eigenvalue weighted by Crippen LogP contribution is 2.28. The third kappa shape index (κ3) is 2.15. The topological polar surface area (TPSA) is 60.9 Å². The number of hydrogen-bond donors (Lipinski definition) is 1. The van der Waals surface area contributed by atoms with Crippen LogP contribution in [0.4, 0.5) is 5.69 Å². The summed E-state index contributed by atoms with van der Waals surface area (Å²) in [5.74, 6) is -0.908. The van der Waals surface area contributed by atoms with Crippen molar-refractivity contribution in [3.8, 4) is 0 Å². The van der Waals surface area contributed by atoms with E-state index in [1.165, 1.54) is 4.90 Å². The Bertz CT molecular complexity index is 529. The van der Waals surface area contributed by atoms with Crippen molar-refractivity contribution >= 4 is 17.4 Å². The molecule has 1 aromatic rings. The van der Waals surface area contributed by atoms with Crippen molar-refractivity contribution in [2.24, 2.45) is 0 Å². The molecule has 5 nitrogen and oxygen atoms in total. The van der Waals surface area contributed by atoms with E-state index >= 15 is 0 Å². The number of anilines is 1. The number of aliphatic hydroxyl groups is 1. The molecule has 0 bridgehead atoms. The molecule has 2 heterocycles. The first-order chi connectivity index (χ1) is 9.16. The summed E-state index contributed by atoms with van der Waals surface area (Å²) in [6, 6.07) is 7.06. The molecule has 1 N–H and O–H groups in total. The zero-order valence-electron chi connectivity index (χ0n) is 10.6. The summed E-state index contributed by atoms with van der Waals surface area (Å²) >= 11 is 0. The van der Waals surface area contributed by atoms with Crippen molar-refractivity contribution in [1.82, 2.24) is 4.90 Å². The lowest BCUT2D eigenvalue weighted by atomic mass is 10.1. The van der Waals surface area contributed by atoms with E-state index in [0.717, 1.165) is 19.4 Å². The zero-order valence-corrected chi connectivity index (χ0v) is 10.6. The van der Waals surface area contributed by atoms with Gasteiger partial charge in [-0.2, -0.15) is 0 Å². The van der Waals surface area contributed by atoms with Crippen LogP contribution in [0.3, 0.4) is 0 Å². The Labute approximate surface area is 111 Å². The number of aliphatic hydroxyl groups excluding tert-OH is 1. The van der Waals surface area contributed by atoms with Crippen molar-refractivity contribution in [3.05, 3.63) is 29.8 Å². The molecule has 1 amide bonds. The van der Waals surface area contributed by atoms with Gasteiger partial charge < -0.3 is 5.11 Å². The van der Waals surface area contributed by atoms with Crippen LogP contribution in [0.1, 0.15) is 23.2 Å². The number of hydrogen-bond acceptors (Lipinski definition) is 4. The molecular weight excluding hydrogens is 244 g/mol. The highest BCUT2D eigenvalue weighted by atomic mass is 16.3. The predicted molar refractivity (Wildman–Crippen MR) is 69.9 cm³/mol. The summed E-state index contributed by atoms with van der Waals surface area (Å²) in [5.41, 5.74) is 1.16. The molecule has 0 unspecified atom stereocenters. The van der Waals surface area contributed by atoms with Gasteiger partial charge in [-0.05, 0) is 25.0 Å². The highest BCUT2D eigenvalue weighted by molar-refractivity contribution is 6.52. The van der Waals surface area contributed by atoms with Gasteiger partial charge >= 0.3 is 5.91 Å². The summed E-state index contributed by atoms with van der Waals surface area (Å²) < 4.78 is 0. The van der Waals surface area contributed by atoms with Crippen molar-refractivity contribution in [2.45, 2.75) is 18.9 Å². The molecule has 1 atom stereocenters. The molecule has 1 aromatic carbocycles. The monoisotopic (exact) mass is 260 g/mol. The van der Waals surface area contributed by atoms with Crippen LogP contribution in [0.15, 0.2) is 24.3 Å². The molecule has 0 spiro atoms. The minimum absolute atomic E-state index is 0.336. The Balaban J connectivity index is 1.81. The summed E-state index contributed by atoms with van der Waals surface area (Å²) in [7, 11) is 0. The fraction of sp³-hybridized carbons (Fsp3) is 0.429. The molecule has 1 saturated heterocycles. The Morgan fingerprint density at radius 1 is 1.26 bits per heavy atom. The van der Waals surface area contributed by atoms with Crippen LogP contribution in [0, 0.1) is 0 Å². The lowest BCUT2D eigenvalue weighted by Crippen LogP contribution is -2.46. The summed E-state index contributed by atoms with van der Waals surface area (Å²) in [6.45, 7) is 1.77. The maximum Gasteiger partial charge on any atom is 0.300 e. The number of carbonyl (C=O) groups is 2. The maximum absolute atomic E-state index is 12.0. The van der Waals surface area contributed by atoms with E-state index in [2.05, 4.69) is 0 Å². The second-order valence-corrected chi connectivity index (χ2v) is 5.09. The summed E-state index contributed by atoms with van der Waals surface area (Å²) in [5, 5.41) is 9.65. The number of piperidine rings is 1. The van der Waals surface area contributed by atoms with Crippen LogP contribution in [0.5, 0.6) is 0 Å². The standard InChI is InChI=1S/C14H16N2O3/c17-10-4-3-7-15(8-10)9-16-12-6-2-1-5-11(12)13(18)14(16)19/h1-2,5-6,10,17H,3-4,7-9H2/t10-/m1/s1. The molecule has 1 fully saturated rings. The predicted octanol–water partition coefficient (Wildman–Crippen LogP) is 0.630. The number of rotatable bonds is 2. The van der Waals surface area contributed by atoms with Crippen molar-refractivity contribution in [3.63, 3.8) is 0 Å². The minimum atomic E-state index is -0.471. The van der Waals surface area contributed by atoms with E-state index in [1.807, 2.05) is 11.0 Å². The lowest BCUT2D eigenvalue weighted by molar-refractivity contribution is -0.114. The van der Waals surface area contributed by atoms with Crippen LogP contribution < -0.4 is 4.90 Å². The first kappa shape index (κ1) is 12.3. The van der Waals surface area contributed by atoms with E-state index in [0.29, 0.717) is 24.5 Å². The molecule has 5 heteroatoms. The third-order valence-corrected chi connectivity index (χ3v) is 3.70. The number of fused-ring (bicyclic) bond motifs is 1. The van der Waals surface area contributed by atoms with Crippen LogP contribution >= 0.6 is 0 Å². The fourth-order valence-electron chi connectivity index (χ4n) is 2.75. The summed E-state index contributed by atoms with van der Waals surface area (Å²) in [6.07, 6.45) is 1.39. The molecule has 0 aromatic heterocycles. The Morgan fingerprint density at radius 3 is 2.84 bits per heavy atom. The number of ketones is 1. The van der Waals surface area contributed by atoms with Crippen molar-refractivity contribution in [1.29, 1.82) is 0 Å². The lowest BCUT2D eigenvalue weighted by Gasteiger charge is -2.33. The fourth-order valence-corrected chi connectivity index (χ4v) is 2.75. The molecule has 2 aliphatic rings. The van der Waals surface area contributed by atoms with E-state index in [4.69, 9.17) is 0 Å². The molecule has 2 aliphatic heterocycles. The van der Waals surface area contributed by atoms with Gasteiger partial charge in [-0.3, -0.25) is 19.4 Å². The number of benzene rings is 1. The van der Waals surface area contributed by atoms with Crippen molar-refractivity contribution < 1.29 is 14.7 Å². The SMILES string of the molecule is O=C1C(=O)N(CN2CCC[C@@H](O)C2)c2ccccc21. The summed E-state index contributed by atoms with van der Waals surface area (Å²) in [4.78, 5) is 27.4. The number of amides is 1. The number of carbonyl (C=O) groups excluding carboxylic acids is 2. The first-order valence-electron chi connectivity index (χ1n) is 6.52. The van der Waals surface area contributed by atoms with Gasteiger partial charge in [0.2, 0.25) is 0 Å². The number of likely N-dealkylation sites (tertiary alicyclic amines) is 1. The second-order valence-electron chi connectivity index (χ2n) is 5.09. The number of Topliss-reactive ketones (excluding diaryl/α,β-unsaturated/α-hetero) is 1. The number of nitrogens with zero attached hydrogens (tertiary/aromatic N) is 2. The Kier molecular flexibility index (Phi) is 3.08. The van der Waals surface area contributed by atoms with Gasteiger partial charge in [0.25, 0.3) is 5.78 Å². The van der Waals surface area contributed by atoms with Gasteiger partial charge in [0.15, 0.2) is 0 Å². The maximum atomic E-state index is 12.0. The normalized spacial score (nSPS) is 23.8. The smallest absolute Gasteiger partial charge is 0.300 e. The zero-order chi connectivity index (χ0) is 13.4. The van der Waals surface area contributed by atoms with E-state index in [1.54, 1.807) is 18.2 Å². The van der Waals surface area contributed by atoms with Crippen molar-refractivity contribution in [2.75, 3.05) is 24.7 Å². The molecule has 3 rings (SSSR count). The van der Waals surface area contributed by atoms with Gasteiger partial charge in [-0.25, -0.2) is 0 Å². The van der Waals surface area contributed by atoms with E-state index in [-0.39, 0.29) is 6.10 Å². The second kappa shape index (κ2) is 4.75. The van der Waals surface area contributed by atoms with Gasteiger partial charge in [-0.1, -0.05) is 12.1 Å². The number of β-amino-alcohol motifs (C(OH)–C–C–N with tert-alkyl or cyclic N) is 1. The Morgan fingerprint density at radius 2 is 2.05 bits per heavy atom. The molecule has 0 aliphatic carbocycles. The van der Waals surface area contributed by atoms with Crippen LogP contribution in [0.2, 0.25) is 0 Å². The van der Waals surface area contributed by atoms with E-state index in [9.17, 15) is 14.7 Å². The molecule has 19 heavy (non-hydrogen) atoms. The largest absolute Gasteiger partial charge is 0.392 e. The van der Waals surface area contributed by atoms with Crippen LogP contribution in [-0.4, -0.2) is 47.6 Å². The Hall–Kier alpha value is -1.72. The average Bonchev–Trinajstić information content (AvgIpc) is 2.65. The molecule has 0 radical (unpaired) electrons. The minimum Gasteiger partial charge on any atom is -0.392 e. The van der Waals surface area contributed by atoms with Gasteiger partial charge in [-0.15, -0.1) is 0 Å². The van der Waals surface area contributed by atoms with Crippen LogP contribution in [-0.2, 0) is 4.79 Å². The highest BCUT2D eigenvalue weighted by Gasteiger charge is 2.36. The number of para-hydroxylation sites is 1. The third-order valence-electron chi connectivity index (χ3n) is 3.70. The van der Waals surface area contributed by atoms with Gasteiger partial charge in [0, 0.05) is 13.1 Å². The molecule has 0 saturated carbocycles. The van der Waals surface area contributed by atoms with E-state index < -0.39 is 11.7 Å². The molecular formula is C14H16N2O3. The average molecular weight is 260 g/mol. The quantitative estimate of drug-likeness (QED) is 0.792. The first-order valence-corrected chi connectivity index (χ1v) is 6.52. The molecule has 100 valence electrons.